The summed E-state index contributed by atoms with van der Waals surface area (Å²) in [5, 5.41) is 37.9. The molecule has 0 bridgehead atoms. The zero-order valence-electron chi connectivity index (χ0n) is 14.4. The molecule has 0 radical (unpaired) electrons. The van der Waals surface area contributed by atoms with Crippen LogP contribution in [-0.4, -0.2) is 26.0 Å². The number of phenolic OH excluding ortho intramolecular Hbond substituents is 3. The summed E-state index contributed by atoms with van der Waals surface area (Å²) >= 11 is 0. The summed E-state index contributed by atoms with van der Waals surface area (Å²) in [6.45, 7) is 0. The molecule has 0 atom stereocenters. The van der Waals surface area contributed by atoms with Crippen molar-refractivity contribution in [3.8, 4) is 17.2 Å². The van der Waals surface area contributed by atoms with E-state index in [9.17, 15) is 20.0 Å². The van der Waals surface area contributed by atoms with Crippen LogP contribution in [0.1, 0.15) is 15.9 Å². The first-order valence-corrected chi connectivity index (χ1v) is 7.88. The number of carbonyl (C=O) groups is 1. The number of nitrogens with zero attached hydrogens (tertiary/aromatic N) is 1. The second-order valence-corrected chi connectivity index (χ2v) is 5.53. The van der Waals surface area contributed by atoms with Crippen LogP contribution in [0, 0.1) is 10.1 Å². The van der Waals surface area contributed by atoms with Crippen molar-refractivity contribution in [2.45, 2.75) is 0 Å². The van der Waals surface area contributed by atoms with Crippen LogP contribution < -0.4 is 11.3 Å². The number of phenols is 3. The largest absolute Gasteiger partial charge is 0.508 e. The van der Waals surface area contributed by atoms with Crippen molar-refractivity contribution in [1.29, 1.82) is 0 Å². The standard InChI is InChI=1S/C13H10O4.C6H7N3O2/c14-9-3-1-8(2-4-9)13(17)11-6-5-10(15)7-12(11)16;7-8-5-1-3-6(4-2-5)9(10)11/h1-7,14-16H;1-4,8H,7H2. The minimum Gasteiger partial charge on any atom is -0.508 e. The molecule has 0 aliphatic rings. The average Bonchev–Trinajstić information content (AvgIpc) is 2.68. The van der Waals surface area contributed by atoms with Gasteiger partial charge in [0.2, 0.25) is 0 Å². The Labute approximate surface area is 159 Å². The van der Waals surface area contributed by atoms with Crippen LogP contribution >= 0.6 is 0 Å². The highest BCUT2D eigenvalue weighted by molar-refractivity contribution is 6.10. The third-order valence-electron chi connectivity index (χ3n) is 3.60. The Balaban J connectivity index is 0.000000221. The number of nitro benzene ring substituents is 1. The summed E-state index contributed by atoms with van der Waals surface area (Å²) < 4.78 is 0. The van der Waals surface area contributed by atoms with Gasteiger partial charge in [-0.05, 0) is 48.5 Å². The smallest absolute Gasteiger partial charge is 0.269 e. The van der Waals surface area contributed by atoms with Crippen molar-refractivity contribution >= 4 is 17.2 Å². The van der Waals surface area contributed by atoms with Gasteiger partial charge in [-0.3, -0.25) is 20.8 Å². The molecule has 144 valence electrons. The van der Waals surface area contributed by atoms with E-state index in [-0.39, 0.29) is 34.3 Å². The molecule has 0 aromatic heterocycles. The molecule has 0 amide bonds. The van der Waals surface area contributed by atoms with E-state index < -0.39 is 4.92 Å². The first kappa shape index (κ1) is 20.2. The maximum absolute atomic E-state index is 12.0. The monoisotopic (exact) mass is 383 g/mol. The quantitative estimate of drug-likeness (QED) is 0.199. The zero-order valence-corrected chi connectivity index (χ0v) is 14.4. The zero-order chi connectivity index (χ0) is 20.7. The van der Waals surface area contributed by atoms with Gasteiger partial charge in [0, 0.05) is 29.4 Å². The lowest BCUT2D eigenvalue weighted by molar-refractivity contribution is -0.384. The van der Waals surface area contributed by atoms with Crippen molar-refractivity contribution < 1.29 is 25.0 Å². The van der Waals surface area contributed by atoms with Crippen LogP contribution in [0.3, 0.4) is 0 Å². The number of non-ortho nitro benzene ring substituents is 1. The topological polar surface area (TPSA) is 159 Å². The first-order chi connectivity index (χ1) is 13.3. The van der Waals surface area contributed by atoms with Gasteiger partial charge in [-0.25, -0.2) is 0 Å². The van der Waals surface area contributed by atoms with E-state index in [1.165, 1.54) is 60.7 Å². The predicted molar refractivity (Wildman–Crippen MR) is 102 cm³/mol. The fourth-order valence-corrected chi connectivity index (χ4v) is 2.16. The molecule has 0 saturated heterocycles. The second-order valence-electron chi connectivity index (χ2n) is 5.53. The number of hydrogen-bond acceptors (Lipinski definition) is 8. The van der Waals surface area contributed by atoms with Gasteiger partial charge in [-0.1, -0.05) is 0 Å². The number of nitro groups is 1. The van der Waals surface area contributed by atoms with E-state index >= 15 is 0 Å². The van der Waals surface area contributed by atoms with Crippen LogP contribution in [0.15, 0.2) is 66.7 Å². The molecule has 3 rings (SSSR count). The van der Waals surface area contributed by atoms with E-state index in [0.717, 1.165) is 6.07 Å². The number of rotatable bonds is 4. The number of benzene rings is 3. The molecule has 0 unspecified atom stereocenters. The highest BCUT2D eigenvalue weighted by Crippen LogP contribution is 2.25. The summed E-state index contributed by atoms with van der Waals surface area (Å²) in [5.41, 5.74) is 3.53. The molecule has 9 nitrogen and oxygen atoms in total. The lowest BCUT2D eigenvalue weighted by atomic mass is 10.0. The molecule has 0 fully saturated rings. The highest BCUT2D eigenvalue weighted by atomic mass is 16.6. The van der Waals surface area contributed by atoms with Crippen molar-refractivity contribution in [3.63, 3.8) is 0 Å². The fourth-order valence-electron chi connectivity index (χ4n) is 2.16. The van der Waals surface area contributed by atoms with Crippen molar-refractivity contribution in [1.82, 2.24) is 0 Å². The van der Waals surface area contributed by atoms with E-state index in [4.69, 9.17) is 16.1 Å². The summed E-state index contributed by atoms with van der Waals surface area (Å²) in [6, 6.07) is 15.3. The molecular formula is C19H17N3O6. The van der Waals surface area contributed by atoms with Crippen LogP contribution in [0.2, 0.25) is 0 Å². The molecule has 0 aliphatic carbocycles. The van der Waals surface area contributed by atoms with E-state index in [2.05, 4.69) is 5.43 Å². The Bertz CT molecular complexity index is 972. The molecular weight excluding hydrogens is 366 g/mol. The Hall–Kier alpha value is -4.11. The van der Waals surface area contributed by atoms with E-state index in [1.54, 1.807) is 0 Å². The number of hydrazine groups is 1. The minimum atomic E-state index is -0.458. The van der Waals surface area contributed by atoms with Crippen molar-refractivity contribution in [2.75, 3.05) is 5.43 Å². The number of aromatic hydroxyl groups is 3. The minimum absolute atomic E-state index is 0.0593. The second kappa shape index (κ2) is 9.01. The van der Waals surface area contributed by atoms with Crippen LogP contribution in [0.5, 0.6) is 17.2 Å². The van der Waals surface area contributed by atoms with Gasteiger partial charge in [-0.15, -0.1) is 0 Å². The van der Waals surface area contributed by atoms with Crippen LogP contribution in [0.4, 0.5) is 11.4 Å². The summed E-state index contributed by atoms with van der Waals surface area (Å²) in [4.78, 5) is 21.7. The third-order valence-corrected chi connectivity index (χ3v) is 3.60. The fraction of sp³-hybridized carbons (Fsp3) is 0. The number of anilines is 1. The predicted octanol–water partition coefficient (Wildman–Crippen LogP) is 2.91. The third kappa shape index (κ3) is 5.19. The SMILES string of the molecule is NNc1ccc([N+](=O)[O-])cc1.O=C(c1ccc(O)cc1)c1ccc(O)cc1O. The average molecular weight is 383 g/mol. The van der Waals surface area contributed by atoms with Crippen LogP contribution in [-0.2, 0) is 0 Å². The Kier molecular flexibility index (Phi) is 6.50. The molecule has 9 heteroatoms. The maximum Gasteiger partial charge on any atom is 0.269 e. The number of hydrogen-bond donors (Lipinski definition) is 5. The van der Waals surface area contributed by atoms with Crippen molar-refractivity contribution in [3.05, 3.63) is 88.0 Å². The molecule has 0 spiro atoms. The highest BCUT2D eigenvalue weighted by Gasteiger charge is 2.13. The lowest BCUT2D eigenvalue weighted by Gasteiger charge is -2.04. The number of nitrogens with two attached hydrogens (primary N) is 1. The Morgan fingerprint density at radius 1 is 0.893 bits per heavy atom. The van der Waals surface area contributed by atoms with Crippen LogP contribution in [0.25, 0.3) is 0 Å². The van der Waals surface area contributed by atoms with Gasteiger partial charge in [-0.2, -0.15) is 0 Å². The first-order valence-electron chi connectivity index (χ1n) is 7.88. The molecule has 0 saturated carbocycles. The Morgan fingerprint density at radius 3 is 1.96 bits per heavy atom. The number of ketones is 1. The van der Waals surface area contributed by atoms with Gasteiger partial charge in [0.1, 0.15) is 17.2 Å². The molecule has 6 N–H and O–H groups in total. The van der Waals surface area contributed by atoms with E-state index in [1.807, 2.05) is 0 Å². The summed E-state index contributed by atoms with van der Waals surface area (Å²) in [5.74, 6) is 4.37. The van der Waals surface area contributed by atoms with Gasteiger partial charge in [0.15, 0.2) is 5.78 Å². The molecule has 3 aromatic carbocycles. The number of nitrogen functional groups attached to an aromatic ring is 1. The number of carbonyl (C=O) groups excluding carboxylic acids is 1. The molecule has 28 heavy (non-hydrogen) atoms. The summed E-state index contributed by atoms with van der Waals surface area (Å²) in [7, 11) is 0. The number of nitrogens with one attached hydrogen (secondary N) is 1. The molecule has 0 aliphatic heterocycles. The lowest BCUT2D eigenvalue weighted by Crippen LogP contribution is -2.06. The maximum atomic E-state index is 12.0. The molecule has 0 heterocycles. The Morgan fingerprint density at radius 2 is 1.46 bits per heavy atom. The van der Waals surface area contributed by atoms with Gasteiger partial charge in [0.25, 0.3) is 5.69 Å². The summed E-state index contributed by atoms with van der Waals surface area (Å²) in [6.07, 6.45) is 0. The van der Waals surface area contributed by atoms with E-state index in [0.29, 0.717) is 11.3 Å². The normalized spacial score (nSPS) is 9.75. The van der Waals surface area contributed by atoms with Gasteiger partial charge >= 0.3 is 0 Å². The molecule has 3 aromatic rings. The van der Waals surface area contributed by atoms with Gasteiger partial charge in [0.05, 0.1) is 10.5 Å². The van der Waals surface area contributed by atoms with Crippen molar-refractivity contribution in [2.24, 2.45) is 5.84 Å². The van der Waals surface area contributed by atoms with Gasteiger partial charge < -0.3 is 20.7 Å².